The molecule has 0 bridgehead atoms. The summed E-state index contributed by atoms with van der Waals surface area (Å²) in [6.45, 7) is 4.14. The molecule has 1 N–H and O–H groups in total. The second kappa shape index (κ2) is 8.58. The summed E-state index contributed by atoms with van der Waals surface area (Å²) in [4.78, 5) is 16.8. The van der Waals surface area contributed by atoms with Crippen molar-refractivity contribution in [2.75, 3.05) is 57.2 Å². The highest BCUT2D eigenvalue weighted by molar-refractivity contribution is 5.92. The monoisotopic (exact) mass is 355 g/mol. The van der Waals surface area contributed by atoms with Crippen LogP contribution in [0.2, 0.25) is 0 Å². The molecule has 6 heteroatoms. The summed E-state index contributed by atoms with van der Waals surface area (Å²) >= 11 is 0. The molecule has 1 aliphatic heterocycles. The summed E-state index contributed by atoms with van der Waals surface area (Å²) in [6.07, 6.45) is 0. The largest absolute Gasteiger partial charge is 0.497 e. The molecule has 2 aromatic carbocycles. The fraction of sp³-hybridized carbons (Fsp3) is 0.350. The van der Waals surface area contributed by atoms with E-state index in [2.05, 4.69) is 22.2 Å². The third kappa shape index (κ3) is 4.89. The molecule has 0 saturated carbocycles. The Labute approximate surface area is 154 Å². The maximum Gasteiger partial charge on any atom is 0.262 e. The van der Waals surface area contributed by atoms with E-state index in [1.54, 1.807) is 19.2 Å². The van der Waals surface area contributed by atoms with Crippen molar-refractivity contribution in [3.63, 3.8) is 0 Å². The quantitative estimate of drug-likeness (QED) is 0.863. The van der Waals surface area contributed by atoms with Crippen LogP contribution in [0.3, 0.4) is 0 Å². The number of hydrogen-bond acceptors (Lipinski definition) is 5. The lowest BCUT2D eigenvalue weighted by atomic mass is 10.2. The number of carbonyl (C=O) groups is 1. The second-order valence-corrected chi connectivity index (χ2v) is 6.35. The number of methoxy groups -OCH3 is 1. The molecule has 0 unspecified atom stereocenters. The van der Waals surface area contributed by atoms with Gasteiger partial charge in [0.15, 0.2) is 6.61 Å². The molecule has 2 aromatic rings. The molecule has 0 aliphatic carbocycles. The lowest BCUT2D eigenvalue weighted by Gasteiger charge is -2.34. The molecule has 0 spiro atoms. The number of nitrogens with zero attached hydrogens (tertiary/aromatic N) is 2. The van der Waals surface area contributed by atoms with E-state index in [1.807, 2.05) is 36.4 Å². The first-order chi connectivity index (χ1) is 12.6. The van der Waals surface area contributed by atoms with Gasteiger partial charge >= 0.3 is 0 Å². The van der Waals surface area contributed by atoms with Gasteiger partial charge in [-0.05, 0) is 43.4 Å². The van der Waals surface area contributed by atoms with Crippen LogP contribution in [0.25, 0.3) is 0 Å². The number of amides is 1. The van der Waals surface area contributed by atoms with Gasteiger partial charge in [-0.2, -0.15) is 0 Å². The Hall–Kier alpha value is -2.73. The van der Waals surface area contributed by atoms with Gasteiger partial charge in [-0.15, -0.1) is 0 Å². The van der Waals surface area contributed by atoms with Gasteiger partial charge in [-0.3, -0.25) is 4.79 Å². The van der Waals surface area contributed by atoms with Crippen LogP contribution in [-0.4, -0.2) is 57.8 Å². The molecule has 0 atom stereocenters. The Morgan fingerprint density at radius 2 is 1.73 bits per heavy atom. The van der Waals surface area contributed by atoms with Crippen LogP contribution in [0.5, 0.6) is 11.5 Å². The second-order valence-electron chi connectivity index (χ2n) is 6.35. The van der Waals surface area contributed by atoms with Gasteiger partial charge in [-0.25, -0.2) is 0 Å². The standard InChI is InChI=1S/C20H25N3O3/c1-22-10-12-23(13-11-22)17-8-6-16(7-9-17)21-20(24)15-26-19-5-3-4-18(14-19)25-2/h3-9,14H,10-13,15H2,1-2H3,(H,21,24). The predicted octanol–water partition coefficient (Wildman–Crippen LogP) is 2.46. The van der Waals surface area contributed by atoms with Crippen molar-refractivity contribution < 1.29 is 14.3 Å². The van der Waals surface area contributed by atoms with Gasteiger partial charge in [0.2, 0.25) is 0 Å². The molecule has 3 rings (SSSR count). The molecule has 1 amide bonds. The number of carbonyl (C=O) groups excluding carboxylic acids is 1. The Morgan fingerprint density at radius 3 is 2.42 bits per heavy atom. The number of nitrogens with one attached hydrogen (secondary N) is 1. The Bertz CT molecular complexity index is 725. The summed E-state index contributed by atoms with van der Waals surface area (Å²) in [5, 5.41) is 2.86. The van der Waals surface area contributed by atoms with Gasteiger partial charge in [0.25, 0.3) is 5.91 Å². The van der Waals surface area contributed by atoms with Crippen LogP contribution in [-0.2, 0) is 4.79 Å². The van der Waals surface area contributed by atoms with Crippen LogP contribution < -0.4 is 19.7 Å². The van der Waals surface area contributed by atoms with E-state index in [4.69, 9.17) is 9.47 Å². The van der Waals surface area contributed by atoms with E-state index in [1.165, 1.54) is 5.69 Å². The highest BCUT2D eigenvalue weighted by Crippen LogP contribution is 2.20. The molecule has 1 aliphatic rings. The molecule has 1 saturated heterocycles. The van der Waals surface area contributed by atoms with Crippen LogP contribution in [0.1, 0.15) is 0 Å². The SMILES string of the molecule is COc1cccc(OCC(=O)Nc2ccc(N3CCN(C)CC3)cc2)c1. The topological polar surface area (TPSA) is 54.0 Å². The first-order valence-corrected chi connectivity index (χ1v) is 8.74. The Morgan fingerprint density at radius 1 is 1.04 bits per heavy atom. The lowest BCUT2D eigenvalue weighted by molar-refractivity contribution is -0.118. The van der Waals surface area contributed by atoms with Crippen molar-refractivity contribution in [3.8, 4) is 11.5 Å². The first kappa shape index (κ1) is 18.1. The van der Waals surface area contributed by atoms with Gasteiger partial charge in [0, 0.05) is 43.6 Å². The smallest absolute Gasteiger partial charge is 0.262 e. The van der Waals surface area contributed by atoms with Crippen LogP contribution in [0.4, 0.5) is 11.4 Å². The van der Waals surface area contributed by atoms with Gasteiger partial charge in [-0.1, -0.05) is 6.07 Å². The third-order valence-corrected chi connectivity index (χ3v) is 4.43. The third-order valence-electron chi connectivity index (χ3n) is 4.43. The van der Waals surface area contributed by atoms with Gasteiger partial charge in [0.05, 0.1) is 7.11 Å². The maximum atomic E-state index is 12.1. The van der Waals surface area contributed by atoms with Crippen molar-refractivity contribution >= 4 is 17.3 Å². The minimum absolute atomic E-state index is 0.0482. The van der Waals surface area contributed by atoms with Crippen LogP contribution >= 0.6 is 0 Å². The predicted molar refractivity (Wildman–Crippen MR) is 103 cm³/mol. The molecule has 0 aromatic heterocycles. The zero-order chi connectivity index (χ0) is 18.4. The highest BCUT2D eigenvalue weighted by Gasteiger charge is 2.14. The van der Waals surface area contributed by atoms with Crippen molar-refractivity contribution in [2.45, 2.75) is 0 Å². The van der Waals surface area contributed by atoms with E-state index in [0.29, 0.717) is 11.5 Å². The average Bonchev–Trinajstić information content (AvgIpc) is 2.68. The average molecular weight is 355 g/mol. The number of anilines is 2. The van der Waals surface area contributed by atoms with E-state index in [0.717, 1.165) is 31.9 Å². The van der Waals surface area contributed by atoms with E-state index in [9.17, 15) is 4.79 Å². The lowest BCUT2D eigenvalue weighted by Crippen LogP contribution is -2.44. The normalized spacial score (nSPS) is 14.8. The van der Waals surface area contributed by atoms with Crippen molar-refractivity contribution in [3.05, 3.63) is 48.5 Å². The summed E-state index contributed by atoms with van der Waals surface area (Å²) in [5.74, 6) is 1.10. The number of piperazine rings is 1. The fourth-order valence-electron chi connectivity index (χ4n) is 2.86. The molecule has 1 heterocycles. The van der Waals surface area contributed by atoms with Crippen molar-refractivity contribution in [1.29, 1.82) is 0 Å². The van der Waals surface area contributed by atoms with Gasteiger partial charge < -0.3 is 24.6 Å². The van der Waals surface area contributed by atoms with E-state index < -0.39 is 0 Å². The summed E-state index contributed by atoms with van der Waals surface area (Å²) in [7, 11) is 3.74. The van der Waals surface area contributed by atoms with E-state index in [-0.39, 0.29) is 12.5 Å². The molecular weight excluding hydrogens is 330 g/mol. The van der Waals surface area contributed by atoms with E-state index >= 15 is 0 Å². The van der Waals surface area contributed by atoms with Crippen molar-refractivity contribution in [2.24, 2.45) is 0 Å². The summed E-state index contributed by atoms with van der Waals surface area (Å²) < 4.78 is 10.6. The molecular formula is C20H25N3O3. The minimum atomic E-state index is -0.194. The zero-order valence-corrected chi connectivity index (χ0v) is 15.3. The molecule has 138 valence electrons. The van der Waals surface area contributed by atoms with Crippen LogP contribution in [0, 0.1) is 0 Å². The summed E-state index contributed by atoms with van der Waals surface area (Å²) in [5.41, 5.74) is 1.95. The van der Waals surface area contributed by atoms with Gasteiger partial charge in [0.1, 0.15) is 11.5 Å². The highest BCUT2D eigenvalue weighted by atomic mass is 16.5. The molecule has 26 heavy (non-hydrogen) atoms. The molecule has 6 nitrogen and oxygen atoms in total. The number of benzene rings is 2. The minimum Gasteiger partial charge on any atom is -0.497 e. The number of hydrogen-bond donors (Lipinski definition) is 1. The number of rotatable bonds is 6. The molecule has 0 radical (unpaired) electrons. The first-order valence-electron chi connectivity index (χ1n) is 8.74. The number of likely N-dealkylation sites (N-methyl/N-ethyl adjacent to an activating group) is 1. The summed E-state index contributed by atoms with van der Waals surface area (Å²) in [6, 6.07) is 15.1. The number of ether oxygens (including phenoxy) is 2. The molecule has 1 fully saturated rings. The maximum absolute atomic E-state index is 12.1. The fourth-order valence-corrected chi connectivity index (χ4v) is 2.86. The Balaban J connectivity index is 1.49. The van der Waals surface area contributed by atoms with Crippen LogP contribution in [0.15, 0.2) is 48.5 Å². The zero-order valence-electron chi connectivity index (χ0n) is 15.3. The van der Waals surface area contributed by atoms with Crippen molar-refractivity contribution in [1.82, 2.24) is 4.90 Å². The Kier molecular flexibility index (Phi) is 5.96.